The molecule has 2 unspecified atom stereocenters. The maximum absolute atomic E-state index is 13.3. The van der Waals surface area contributed by atoms with E-state index in [1.54, 1.807) is 12.1 Å². The number of benzene rings is 2. The van der Waals surface area contributed by atoms with E-state index >= 15 is 0 Å². The fourth-order valence-corrected chi connectivity index (χ4v) is 3.68. The summed E-state index contributed by atoms with van der Waals surface area (Å²) < 4.78 is 13.3. The standard InChI is InChI=1S/C17H16FNO/c18-13-5-6-15-11(9-13)7-8-17(15,20)16-14-4-2-1-3-12(14)10-19-16/h1-6,9,16,19-20H,7-8,10H2. The first-order chi connectivity index (χ1) is 9.68. The van der Waals surface area contributed by atoms with E-state index in [4.69, 9.17) is 0 Å². The third-order valence-electron chi connectivity index (χ3n) is 4.65. The van der Waals surface area contributed by atoms with Crippen LogP contribution in [0.15, 0.2) is 42.5 Å². The van der Waals surface area contributed by atoms with Crippen LogP contribution in [-0.2, 0) is 18.6 Å². The maximum atomic E-state index is 13.3. The summed E-state index contributed by atoms with van der Waals surface area (Å²) in [7, 11) is 0. The first kappa shape index (κ1) is 12.1. The molecule has 2 N–H and O–H groups in total. The van der Waals surface area contributed by atoms with Gasteiger partial charge < -0.3 is 10.4 Å². The first-order valence-electron chi connectivity index (χ1n) is 7.01. The number of aryl methyl sites for hydroxylation is 1. The van der Waals surface area contributed by atoms with Crippen LogP contribution in [0, 0.1) is 5.82 Å². The van der Waals surface area contributed by atoms with Crippen molar-refractivity contribution in [2.24, 2.45) is 0 Å². The number of rotatable bonds is 1. The molecule has 0 radical (unpaired) electrons. The highest BCUT2D eigenvalue weighted by molar-refractivity contribution is 5.44. The molecule has 1 heterocycles. The van der Waals surface area contributed by atoms with E-state index in [9.17, 15) is 9.50 Å². The van der Waals surface area contributed by atoms with Crippen LogP contribution in [0.3, 0.4) is 0 Å². The van der Waals surface area contributed by atoms with Crippen LogP contribution in [-0.4, -0.2) is 5.11 Å². The van der Waals surface area contributed by atoms with Gasteiger partial charge in [0.05, 0.1) is 6.04 Å². The van der Waals surface area contributed by atoms with Gasteiger partial charge in [-0.15, -0.1) is 0 Å². The fraction of sp³-hybridized carbons (Fsp3) is 0.294. The number of fused-ring (bicyclic) bond motifs is 2. The Labute approximate surface area is 117 Å². The SMILES string of the molecule is OC1(C2NCc3ccccc32)CCc2cc(F)ccc21. The molecule has 2 atom stereocenters. The van der Waals surface area contributed by atoms with Gasteiger partial charge in [-0.1, -0.05) is 30.3 Å². The van der Waals surface area contributed by atoms with E-state index in [0.717, 1.165) is 29.7 Å². The van der Waals surface area contributed by atoms with Crippen molar-refractivity contribution in [1.29, 1.82) is 0 Å². The smallest absolute Gasteiger partial charge is 0.123 e. The topological polar surface area (TPSA) is 32.3 Å². The number of aliphatic hydroxyl groups is 1. The summed E-state index contributed by atoms with van der Waals surface area (Å²) >= 11 is 0. The lowest BCUT2D eigenvalue weighted by molar-refractivity contribution is 0.000515. The molecule has 0 bridgehead atoms. The van der Waals surface area contributed by atoms with Crippen LogP contribution in [0.1, 0.15) is 34.7 Å². The van der Waals surface area contributed by atoms with Crippen molar-refractivity contribution in [1.82, 2.24) is 5.32 Å². The van der Waals surface area contributed by atoms with Gasteiger partial charge in [-0.25, -0.2) is 4.39 Å². The van der Waals surface area contributed by atoms with E-state index in [1.807, 2.05) is 12.1 Å². The second-order valence-electron chi connectivity index (χ2n) is 5.74. The van der Waals surface area contributed by atoms with Crippen molar-refractivity contribution in [3.8, 4) is 0 Å². The van der Waals surface area contributed by atoms with Crippen molar-refractivity contribution in [3.05, 3.63) is 70.5 Å². The number of hydrogen-bond acceptors (Lipinski definition) is 2. The molecule has 4 rings (SSSR count). The predicted molar refractivity (Wildman–Crippen MR) is 74.6 cm³/mol. The highest BCUT2D eigenvalue weighted by Gasteiger charge is 2.46. The molecule has 102 valence electrons. The number of hydrogen-bond donors (Lipinski definition) is 2. The van der Waals surface area contributed by atoms with Gasteiger partial charge in [0.25, 0.3) is 0 Å². The normalized spacial score (nSPS) is 27.4. The van der Waals surface area contributed by atoms with Crippen molar-refractivity contribution in [2.45, 2.75) is 31.0 Å². The third-order valence-corrected chi connectivity index (χ3v) is 4.65. The van der Waals surface area contributed by atoms with Crippen LogP contribution in [0.5, 0.6) is 0 Å². The Kier molecular flexibility index (Phi) is 2.50. The molecule has 0 saturated carbocycles. The van der Waals surface area contributed by atoms with Crippen molar-refractivity contribution in [3.63, 3.8) is 0 Å². The van der Waals surface area contributed by atoms with Crippen molar-refractivity contribution < 1.29 is 9.50 Å². The van der Waals surface area contributed by atoms with E-state index < -0.39 is 5.60 Å². The molecule has 0 amide bonds. The van der Waals surface area contributed by atoms with E-state index in [-0.39, 0.29) is 11.9 Å². The van der Waals surface area contributed by atoms with Crippen molar-refractivity contribution in [2.75, 3.05) is 0 Å². The molecule has 2 aromatic rings. The van der Waals surface area contributed by atoms with Gasteiger partial charge >= 0.3 is 0 Å². The lowest BCUT2D eigenvalue weighted by Gasteiger charge is -2.32. The molecule has 0 fully saturated rings. The number of halogens is 1. The molecule has 2 nitrogen and oxygen atoms in total. The monoisotopic (exact) mass is 269 g/mol. The van der Waals surface area contributed by atoms with E-state index in [2.05, 4.69) is 17.4 Å². The summed E-state index contributed by atoms with van der Waals surface area (Å²) in [5.41, 5.74) is 3.26. The summed E-state index contributed by atoms with van der Waals surface area (Å²) in [5.74, 6) is -0.229. The lowest BCUT2D eigenvalue weighted by atomic mass is 9.84. The molecule has 2 aliphatic rings. The average molecular weight is 269 g/mol. The third kappa shape index (κ3) is 1.57. The Balaban J connectivity index is 1.81. The van der Waals surface area contributed by atoms with Gasteiger partial charge in [-0.3, -0.25) is 0 Å². The molecule has 1 aliphatic heterocycles. The highest BCUT2D eigenvalue weighted by Crippen LogP contribution is 2.47. The van der Waals surface area contributed by atoms with Gasteiger partial charge in [0.15, 0.2) is 0 Å². The van der Waals surface area contributed by atoms with Crippen LogP contribution in [0.2, 0.25) is 0 Å². The quantitative estimate of drug-likeness (QED) is 0.834. The van der Waals surface area contributed by atoms with Gasteiger partial charge in [0.1, 0.15) is 11.4 Å². The molecule has 0 spiro atoms. The summed E-state index contributed by atoms with van der Waals surface area (Å²) in [5, 5.41) is 14.6. The number of nitrogens with one attached hydrogen (secondary N) is 1. The highest BCUT2D eigenvalue weighted by atomic mass is 19.1. The van der Waals surface area contributed by atoms with Gasteiger partial charge in [-0.2, -0.15) is 0 Å². The second kappa shape index (κ2) is 4.14. The van der Waals surface area contributed by atoms with E-state index in [1.165, 1.54) is 11.6 Å². The Morgan fingerprint density at radius 3 is 2.90 bits per heavy atom. The minimum Gasteiger partial charge on any atom is -0.383 e. The van der Waals surface area contributed by atoms with Crippen molar-refractivity contribution >= 4 is 0 Å². The first-order valence-corrected chi connectivity index (χ1v) is 7.01. The van der Waals surface area contributed by atoms with Gasteiger partial charge in [0.2, 0.25) is 0 Å². The minimum atomic E-state index is -0.935. The largest absolute Gasteiger partial charge is 0.383 e. The molecule has 1 aliphatic carbocycles. The van der Waals surface area contributed by atoms with Crippen LogP contribution in [0.4, 0.5) is 4.39 Å². The zero-order valence-corrected chi connectivity index (χ0v) is 11.1. The molecular formula is C17H16FNO. The lowest BCUT2D eigenvalue weighted by Crippen LogP contribution is -2.36. The summed E-state index contributed by atoms with van der Waals surface area (Å²) in [6, 6.07) is 12.8. The summed E-state index contributed by atoms with van der Waals surface area (Å²) in [6.45, 7) is 0.777. The molecule has 20 heavy (non-hydrogen) atoms. The zero-order valence-electron chi connectivity index (χ0n) is 11.1. The molecule has 2 aromatic carbocycles. The Morgan fingerprint density at radius 1 is 1.15 bits per heavy atom. The average Bonchev–Trinajstić information content (AvgIpc) is 3.01. The maximum Gasteiger partial charge on any atom is 0.123 e. The molecule has 0 saturated heterocycles. The molecular weight excluding hydrogens is 253 g/mol. The molecule has 3 heteroatoms. The summed E-state index contributed by atoms with van der Waals surface area (Å²) in [6.07, 6.45) is 1.36. The fourth-order valence-electron chi connectivity index (χ4n) is 3.68. The van der Waals surface area contributed by atoms with Gasteiger partial charge in [-0.05, 0) is 47.2 Å². The predicted octanol–water partition coefficient (Wildman–Crippen LogP) is 2.80. The van der Waals surface area contributed by atoms with Crippen LogP contribution < -0.4 is 5.32 Å². The zero-order chi connectivity index (χ0) is 13.7. The van der Waals surface area contributed by atoms with Crippen LogP contribution in [0.25, 0.3) is 0 Å². The van der Waals surface area contributed by atoms with Crippen LogP contribution >= 0.6 is 0 Å². The summed E-state index contributed by atoms with van der Waals surface area (Å²) in [4.78, 5) is 0. The van der Waals surface area contributed by atoms with Gasteiger partial charge in [0, 0.05) is 6.54 Å². The Morgan fingerprint density at radius 2 is 2.00 bits per heavy atom. The second-order valence-corrected chi connectivity index (χ2v) is 5.74. The molecule has 0 aromatic heterocycles. The van der Waals surface area contributed by atoms with E-state index in [0.29, 0.717) is 6.42 Å². The Bertz CT molecular complexity index is 684. The Hall–Kier alpha value is -1.71. The minimum absolute atomic E-state index is 0.106.